The smallest absolute Gasteiger partial charge is 0.364 e. The Balaban J connectivity index is 2.07. The Morgan fingerprint density at radius 3 is 2.48 bits per heavy atom. The molecular formula is C22H22F5N3O3. The van der Waals surface area contributed by atoms with Gasteiger partial charge in [-0.05, 0) is 42.7 Å². The van der Waals surface area contributed by atoms with Crippen LogP contribution in [-0.2, 0) is 16.0 Å². The third kappa shape index (κ3) is 4.29. The number of carbonyl (C=O) groups excluding carboxylic acids is 2. The lowest BCUT2D eigenvalue weighted by atomic mass is 9.75. The first-order valence-electron chi connectivity index (χ1n) is 10.1. The summed E-state index contributed by atoms with van der Waals surface area (Å²) in [6.45, 7) is 3.60. The number of ether oxygens (including phenoxy) is 1. The number of pyridine rings is 1. The molecule has 1 aromatic heterocycles. The third-order valence-electron chi connectivity index (χ3n) is 6.15. The van der Waals surface area contributed by atoms with Gasteiger partial charge in [-0.3, -0.25) is 14.6 Å². The van der Waals surface area contributed by atoms with Crippen LogP contribution in [0.4, 0.5) is 27.6 Å². The number of alkyl halides is 3. The molecule has 0 spiro atoms. The number of nitrogens with two attached hydrogens (primary N) is 1. The van der Waals surface area contributed by atoms with Gasteiger partial charge in [-0.25, -0.2) is 8.78 Å². The number of nitrogens with one attached hydrogen (secondary N) is 1. The van der Waals surface area contributed by atoms with Gasteiger partial charge in [0.05, 0.1) is 0 Å². The lowest BCUT2D eigenvalue weighted by Crippen LogP contribution is -2.47. The second-order valence-electron chi connectivity index (χ2n) is 8.02. The van der Waals surface area contributed by atoms with Crippen LogP contribution in [0.25, 0.3) is 0 Å². The van der Waals surface area contributed by atoms with Gasteiger partial charge in [0.1, 0.15) is 11.8 Å². The van der Waals surface area contributed by atoms with E-state index in [2.05, 4.69) is 10.3 Å². The predicted octanol–water partition coefficient (Wildman–Crippen LogP) is 4.10. The molecule has 33 heavy (non-hydrogen) atoms. The molecule has 0 unspecified atom stereocenters. The fourth-order valence-corrected chi connectivity index (χ4v) is 4.16. The molecule has 2 aromatic rings. The Hall–Kier alpha value is -3.08. The fraction of sp³-hybridized carbons (Fsp3) is 0.409. The summed E-state index contributed by atoms with van der Waals surface area (Å²) in [6.07, 6.45) is -5.35. The van der Waals surface area contributed by atoms with Gasteiger partial charge < -0.3 is 15.8 Å². The Bertz CT molecular complexity index is 1090. The van der Waals surface area contributed by atoms with E-state index in [0.717, 1.165) is 19.1 Å². The number of carbonyl (C=O) groups is 2. The molecule has 1 aliphatic rings. The number of aromatic nitrogens is 1. The topological polar surface area (TPSA) is 94.3 Å². The molecule has 0 aliphatic carbocycles. The molecule has 0 bridgehead atoms. The second-order valence-corrected chi connectivity index (χ2v) is 8.02. The highest BCUT2D eigenvalue weighted by Gasteiger charge is 2.65. The third-order valence-corrected chi connectivity index (χ3v) is 6.15. The lowest BCUT2D eigenvalue weighted by molar-refractivity contribution is -0.272. The van der Waals surface area contributed by atoms with Crippen molar-refractivity contribution >= 4 is 17.5 Å². The van der Waals surface area contributed by atoms with Gasteiger partial charge in [0, 0.05) is 23.7 Å². The molecule has 0 saturated carbocycles. The molecule has 0 radical (unpaired) electrons. The Kier molecular flexibility index (Phi) is 6.47. The van der Waals surface area contributed by atoms with Gasteiger partial charge in [-0.1, -0.05) is 19.9 Å². The highest BCUT2D eigenvalue weighted by Crippen LogP contribution is 2.54. The van der Waals surface area contributed by atoms with Gasteiger partial charge in [0.15, 0.2) is 17.2 Å². The SMILES string of the molecule is CCc1c([C@H]2[C@@H](C(=O)Nc3ccnc(C(N)=O)c3)O[C@@](C)(C(F)(F)F)[C@@H]2C)ccc(F)c1F. The van der Waals surface area contributed by atoms with E-state index in [0.29, 0.717) is 0 Å². The Morgan fingerprint density at radius 1 is 1.24 bits per heavy atom. The predicted molar refractivity (Wildman–Crippen MR) is 108 cm³/mol. The number of amides is 2. The van der Waals surface area contributed by atoms with Crippen molar-refractivity contribution in [3.63, 3.8) is 0 Å². The number of benzene rings is 1. The lowest BCUT2D eigenvalue weighted by Gasteiger charge is -2.32. The number of halogens is 5. The molecule has 2 heterocycles. The summed E-state index contributed by atoms with van der Waals surface area (Å²) >= 11 is 0. The minimum Gasteiger partial charge on any atom is -0.364 e. The van der Waals surface area contributed by atoms with Crippen LogP contribution in [0.3, 0.4) is 0 Å². The summed E-state index contributed by atoms with van der Waals surface area (Å²) < 4.78 is 75.5. The van der Waals surface area contributed by atoms with Crippen LogP contribution in [0, 0.1) is 17.6 Å². The monoisotopic (exact) mass is 471 g/mol. The average molecular weight is 471 g/mol. The zero-order chi connectivity index (χ0) is 24.7. The number of rotatable bonds is 5. The Labute approximate surface area is 186 Å². The maximum Gasteiger partial charge on any atom is 0.417 e. The van der Waals surface area contributed by atoms with Gasteiger partial charge >= 0.3 is 6.18 Å². The molecule has 11 heteroatoms. The number of hydrogen-bond acceptors (Lipinski definition) is 4. The second kappa shape index (κ2) is 8.69. The number of nitrogens with zero attached hydrogens (tertiary/aromatic N) is 1. The highest BCUT2D eigenvalue weighted by molar-refractivity contribution is 5.97. The summed E-state index contributed by atoms with van der Waals surface area (Å²) in [4.78, 5) is 28.1. The normalized spacial score (nSPS) is 25.2. The van der Waals surface area contributed by atoms with E-state index in [1.54, 1.807) is 0 Å². The quantitative estimate of drug-likeness (QED) is 0.642. The van der Waals surface area contributed by atoms with Crippen LogP contribution in [0.5, 0.6) is 0 Å². The van der Waals surface area contributed by atoms with Crippen molar-refractivity contribution in [1.29, 1.82) is 0 Å². The largest absolute Gasteiger partial charge is 0.417 e. The first-order chi connectivity index (χ1) is 15.3. The highest BCUT2D eigenvalue weighted by atomic mass is 19.4. The van der Waals surface area contributed by atoms with Crippen LogP contribution in [-0.4, -0.2) is 34.7 Å². The molecule has 3 N–H and O–H groups in total. The first-order valence-corrected chi connectivity index (χ1v) is 10.1. The summed E-state index contributed by atoms with van der Waals surface area (Å²) in [6, 6.07) is 4.47. The zero-order valence-electron chi connectivity index (χ0n) is 18.0. The molecule has 1 aliphatic heterocycles. The first kappa shape index (κ1) is 24.6. The molecule has 4 atom stereocenters. The van der Waals surface area contributed by atoms with Crippen LogP contribution in [0.1, 0.15) is 48.3 Å². The summed E-state index contributed by atoms with van der Waals surface area (Å²) in [7, 11) is 0. The van der Waals surface area contributed by atoms with Gasteiger partial charge in [0.25, 0.3) is 11.8 Å². The molecule has 6 nitrogen and oxygen atoms in total. The van der Waals surface area contributed by atoms with Crippen LogP contribution in [0.15, 0.2) is 30.5 Å². The van der Waals surface area contributed by atoms with Crippen molar-refractivity contribution in [2.75, 3.05) is 5.32 Å². The average Bonchev–Trinajstić information content (AvgIpc) is 3.02. The number of primary amides is 1. The molecule has 1 fully saturated rings. The fourth-order valence-electron chi connectivity index (χ4n) is 4.16. The molecule has 1 aromatic carbocycles. The zero-order valence-corrected chi connectivity index (χ0v) is 18.0. The van der Waals surface area contributed by atoms with Crippen molar-refractivity contribution < 1.29 is 36.3 Å². The van der Waals surface area contributed by atoms with E-state index in [9.17, 15) is 31.5 Å². The van der Waals surface area contributed by atoms with Crippen LogP contribution >= 0.6 is 0 Å². The molecular weight excluding hydrogens is 449 g/mol. The van der Waals surface area contributed by atoms with Crippen LogP contribution in [0.2, 0.25) is 0 Å². The van der Waals surface area contributed by atoms with E-state index >= 15 is 0 Å². The van der Waals surface area contributed by atoms with Crippen molar-refractivity contribution in [3.8, 4) is 0 Å². The summed E-state index contributed by atoms with van der Waals surface area (Å²) in [5.74, 6) is -6.69. The summed E-state index contributed by atoms with van der Waals surface area (Å²) in [5.41, 5.74) is 2.26. The van der Waals surface area contributed by atoms with E-state index in [1.807, 2.05) is 0 Å². The molecule has 2 amide bonds. The maximum atomic E-state index is 14.5. The van der Waals surface area contributed by atoms with Crippen LogP contribution < -0.4 is 11.1 Å². The van der Waals surface area contributed by atoms with Crippen molar-refractivity contribution in [1.82, 2.24) is 4.98 Å². The minimum absolute atomic E-state index is 0.00839. The summed E-state index contributed by atoms with van der Waals surface area (Å²) in [5, 5.41) is 2.41. The Morgan fingerprint density at radius 2 is 1.91 bits per heavy atom. The van der Waals surface area contributed by atoms with E-state index in [1.165, 1.54) is 32.2 Å². The van der Waals surface area contributed by atoms with Gasteiger partial charge in [0.2, 0.25) is 0 Å². The molecule has 3 rings (SSSR count). The van der Waals surface area contributed by atoms with Gasteiger partial charge in [-0.15, -0.1) is 0 Å². The minimum atomic E-state index is -4.85. The van der Waals surface area contributed by atoms with Crippen molar-refractivity contribution in [3.05, 3.63) is 58.9 Å². The van der Waals surface area contributed by atoms with E-state index < -0.39 is 53.2 Å². The molecule has 1 saturated heterocycles. The molecule has 178 valence electrons. The standard InChI is InChI=1S/C22H22F5N3O3/c1-4-12-13(5-6-14(23)17(12)24)16-10(2)21(3,22(25,26)27)33-18(16)20(32)30-11-7-8-29-15(9-11)19(28)31/h5-10,16,18H,4H2,1-3H3,(H2,28,31)(H,29,30,32)/t10-,16+,18+,21-/m1/s1. The number of anilines is 1. The van der Waals surface area contributed by atoms with Crippen molar-refractivity contribution in [2.45, 2.75) is 51.0 Å². The van der Waals surface area contributed by atoms with E-state index in [-0.39, 0.29) is 28.9 Å². The van der Waals surface area contributed by atoms with Gasteiger partial charge in [-0.2, -0.15) is 13.2 Å². The number of hydrogen-bond donors (Lipinski definition) is 2. The van der Waals surface area contributed by atoms with E-state index in [4.69, 9.17) is 10.5 Å². The van der Waals surface area contributed by atoms with Crippen molar-refractivity contribution in [2.24, 2.45) is 11.7 Å². The maximum absolute atomic E-state index is 14.5.